The summed E-state index contributed by atoms with van der Waals surface area (Å²) in [4.78, 5) is 14.6. The summed E-state index contributed by atoms with van der Waals surface area (Å²) in [6, 6.07) is 3.30. The van der Waals surface area contributed by atoms with Crippen molar-refractivity contribution in [3.05, 3.63) is 28.4 Å². The molecule has 0 spiro atoms. The molecule has 0 aliphatic heterocycles. The van der Waals surface area contributed by atoms with Crippen molar-refractivity contribution in [1.29, 1.82) is 0 Å². The predicted molar refractivity (Wildman–Crippen MR) is 84.6 cm³/mol. The van der Waals surface area contributed by atoms with Crippen LogP contribution in [0, 0.1) is 33.3 Å². The van der Waals surface area contributed by atoms with Crippen molar-refractivity contribution >= 4 is 11.5 Å². The van der Waals surface area contributed by atoms with Gasteiger partial charge in [-0.2, -0.15) is 0 Å². The molecule has 1 N–H and O–H groups in total. The van der Waals surface area contributed by atoms with Crippen molar-refractivity contribution in [2.75, 3.05) is 5.32 Å². The first-order valence-electron chi connectivity index (χ1n) is 8.28. The van der Waals surface area contributed by atoms with Crippen molar-refractivity contribution < 1.29 is 4.92 Å². The van der Waals surface area contributed by atoms with E-state index in [-0.39, 0.29) is 11.2 Å². The second-order valence-corrected chi connectivity index (χ2v) is 8.19. The van der Waals surface area contributed by atoms with Crippen LogP contribution in [0.4, 0.5) is 11.5 Å². The van der Waals surface area contributed by atoms with Gasteiger partial charge in [0.15, 0.2) is 0 Å². The Bertz CT molecular complexity index is 617. The first-order chi connectivity index (χ1) is 10.4. The first kappa shape index (κ1) is 14.0. The summed E-state index contributed by atoms with van der Waals surface area (Å²) < 4.78 is 0. The lowest BCUT2D eigenvalue weighted by Gasteiger charge is -2.64. The maximum absolute atomic E-state index is 10.8. The minimum atomic E-state index is -0.398. The molecular weight excluding hydrogens is 278 g/mol. The number of anilines is 1. The zero-order valence-electron chi connectivity index (χ0n) is 13.2. The smallest absolute Gasteiger partial charge is 0.287 e. The summed E-state index contributed by atoms with van der Waals surface area (Å²) in [5.41, 5.74) is 0.643. The molecule has 0 saturated heterocycles. The number of nitro groups is 1. The van der Waals surface area contributed by atoms with E-state index in [0.717, 1.165) is 17.7 Å². The van der Waals surface area contributed by atoms with Crippen LogP contribution >= 0.6 is 0 Å². The van der Waals surface area contributed by atoms with E-state index in [9.17, 15) is 10.1 Å². The third kappa shape index (κ3) is 2.02. The van der Waals surface area contributed by atoms with E-state index in [2.05, 4.69) is 24.1 Å². The molecule has 5 nitrogen and oxygen atoms in total. The molecule has 1 aromatic rings. The second-order valence-electron chi connectivity index (χ2n) is 8.19. The summed E-state index contributed by atoms with van der Waals surface area (Å²) in [6.07, 6.45) is 7.89. The van der Waals surface area contributed by atoms with Crippen molar-refractivity contribution in [3.8, 4) is 0 Å². The van der Waals surface area contributed by atoms with E-state index < -0.39 is 4.92 Å². The Balaban J connectivity index is 1.62. The van der Waals surface area contributed by atoms with Gasteiger partial charge in [0.25, 0.3) is 5.69 Å². The Kier molecular flexibility index (Phi) is 2.81. The monoisotopic (exact) mass is 301 g/mol. The molecule has 118 valence electrons. The fraction of sp³-hybridized carbons (Fsp3) is 0.706. The van der Waals surface area contributed by atoms with Crippen LogP contribution in [-0.4, -0.2) is 15.4 Å². The quantitative estimate of drug-likeness (QED) is 0.676. The number of nitrogens with one attached hydrogen (secondary N) is 1. The predicted octanol–water partition coefficient (Wildman–Crippen LogP) is 4.01. The lowest BCUT2D eigenvalue weighted by molar-refractivity contribution is -0.385. The molecule has 4 bridgehead atoms. The highest BCUT2D eigenvalue weighted by Crippen LogP contribution is 2.64. The molecule has 1 heterocycles. The molecule has 0 aromatic carbocycles. The van der Waals surface area contributed by atoms with Gasteiger partial charge >= 0.3 is 0 Å². The molecule has 1 aromatic heterocycles. The largest absolute Gasteiger partial charge is 0.364 e. The summed E-state index contributed by atoms with van der Waals surface area (Å²) in [5, 5.41) is 14.5. The van der Waals surface area contributed by atoms with Gasteiger partial charge in [0, 0.05) is 11.6 Å². The number of rotatable bonds is 3. The number of aromatic nitrogens is 1. The van der Waals surface area contributed by atoms with Crippen LogP contribution in [0.25, 0.3) is 0 Å². The molecule has 4 fully saturated rings. The number of hydrogen-bond donors (Lipinski definition) is 1. The zero-order chi connectivity index (χ0) is 15.5. The van der Waals surface area contributed by atoms with Crippen LogP contribution in [0.2, 0.25) is 0 Å². The van der Waals surface area contributed by atoms with Crippen LogP contribution in [-0.2, 0) is 0 Å². The molecule has 0 amide bonds. The van der Waals surface area contributed by atoms with Gasteiger partial charge in [0.1, 0.15) is 12.0 Å². The van der Waals surface area contributed by atoms with E-state index in [1.54, 1.807) is 12.1 Å². The van der Waals surface area contributed by atoms with Crippen LogP contribution in [0.5, 0.6) is 0 Å². The molecule has 5 rings (SSSR count). The van der Waals surface area contributed by atoms with E-state index >= 15 is 0 Å². The molecule has 4 aliphatic rings. The Morgan fingerprint density at radius 3 is 2.82 bits per heavy atom. The SMILES string of the molecule is C[C@@H]1[C@H]2C[C@@H]3C[C@@](C)(C2)C[C@@]1(Nc1ccc([N+](=O)[O-])cn1)C3. The third-order valence-corrected chi connectivity index (χ3v) is 6.48. The van der Waals surface area contributed by atoms with Gasteiger partial charge in [-0.15, -0.1) is 0 Å². The maximum Gasteiger partial charge on any atom is 0.287 e. The van der Waals surface area contributed by atoms with Crippen molar-refractivity contribution in [2.24, 2.45) is 23.2 Å². The minimum absolute atomic E-state index is 0.0519. The number of pyridine rings is 1. The van der Waals surface area contributed by atoms with Crippen molar-refractivity contribution in [1.82, 2.24) is 4.98 Å². The highest BCUT2D eigenvalue weighted by atomic mass is 16.6. The van der Waals surface area contributed by atoms with Gasteiger partial charge in [-0.25, -0.2) is 4.98 Å². The number of nitrogens with zero attached hydrogens (tertiary/aromatic N) is 2. The molecule has 22 heavy (non-hydrogen) atoms. The topological polar surface area (TPSA) is 68.1 Å². The summed E-state index contributed by atoms with van der Waals surface area (Å²) in [7, 11) is 0. The Labute approximate surface area is 130 Å². The Morgan fingerprint density at radius 1 is 1.36 bits per heavy atom. The third-order valence-electron chi connectivity index (χ3n) is 6.48. The fourth-order valence-electron chi connectivity index (χ4n) is 5.87. The van der Waals surface area contributed by atoms with E-state index in [1.165, 1.54) is 38.3 Å². The average molecular weight is 301 g/mol. The molecule has 0 unspecified atom stereocenters. The lowest BCUT2D eigenvalue weighted by Crippen LogP contribution is -2.63. The van der Waals surface area contributed by atoms with Gasteiger partial charge in [0.05, 0.1) is 4.92 Å². The first-order valence-corrected chi connectivity index (χ1v) is 8.28. The lowest BCUT2D eigenvalue weighted by atomic mass is 9.44. The van der Waals surface area contributed by atoms with Crippen LogP contribution < -0.4 is 5.32 Å². The zero-order valence-corrected chi connectivity index (χ0v) is 13.2. The molecule has 0 radical (unpaired) electrons. The average Bonchev–Trinajstić information content (AvgIpc) is 2.43. The van der Waals surface area contributed by atoms with Gasteiger partial charge in [-0.1, -0.05) is 13.8 Å². The molecule has 5 heteroatoms. The van der Waals surface area contributed by atoms with Crippen molar-refractivity contribution in [3.63, 3.8) is 0 Å². The highest BCUT2D eigenvalue weighted by molar-refractivity contribution is 5.43. The molecular formula is C17H23N3O2. The van der Waals surface area contributed by atoms with E-state index in [1.807, 2.05) is 0 Å². The van der Waals surface area contributed by atoms with Crippen LogP contribution in [0.15, 0.2) is 18.3 Å². The molecule has 4 saturated carbocycles. The summed E-state index contributed by atoms with van der Waals surface area (Å²) >= 11 is 0. The summed E-state index contributed by atoms with van der Waals surface area (Å²) in [6.45, 7) is 4.82. The Morgan fingerprint density at radius 2 is 2.18 bits per heavy atom. The normalized spacial score (nSPS) is 42.4. The second kappa shape index (κ2) is 4.43. The van der Waals surface area contributed by atoms with Gasteiger partial charge in [-0.3, -0.25) is 10.1 Å². The molecule has 5 atom stereocenters. The van der Waals surface area contributed by atoms with E-state index in [0.29, 0.717) is 11.3 Å². The maximum atomic E-state index is 10.8. The number of hydrogen-bond acceptors (Lipinski definition) is 4. The van der Waals surface area contributed by atoms with Gasteiger partial charge < -0.3 is 5.32 Å². The molecule has 4 aliphatic carbocycles. The summed E-state index contributed by atoms with van der Waals surface area (Å²) in [5.74, 6) is 3.08. The fourth-order valence-corrected chi connectivity index (χ4v) is 5.87. The van der Waals surface area contributed by atoms with Crippen LogP contribution in [0.1, 0.15) is 46.0 Å². The standard InChI is InChI=1S/C17H23N3O2/c1-11-13-5-12-6-16(2,8-13)10-17(11,7-12)19-15-4-3-14(9-18-15)20(21)22/h3-4,9,11-13H,5-8,10H2,1-2H3,(H,18,19)/t11-,12-,13+,16+,17+/m1/s1. The minimum Gasteiger partial charge on any atom is -0.364 e. The Hall–Kier alpha value is -1.65. The van der Waals surface area contributed by atoms with Gasteiger partial charge in [-0.05, 0) is 61.3 Å². The van der Waals surface area contributed by atoms with E-state index in [4.69, 9.17) is 0 Å². The van der Waals surface area contributed by atoms with Gasteiger partial charge in [0.2, 0.25) is 0 Å². The van der Waals surface area contributed by atoms with Crippen LogP contribution in [0.3, 0.4) is 0 Å². The highest BCUT2D eigenvalue weighted by Gasteiger charge is 2.59. The van der Waals surface area contributed by atoms with Crippen molar-refractivity contribution in [2.45, 2.75) is 51.5 Å².